The van der Waals surface area contributed by atoms with Crippen LogP contribution in [0.5, 0.6) is 0 Å². The first-order valence-corrected chi connectivity index (χ1v) is 9.87. The fraction of sp³-hybridized carbons (Fsp3) is 0.148. The number of nitrogens with one attached hydrogen (secondary N) is 1. The van der Waals surface area contributed by atoms with Gasteiger partial charge in [0.05, 0.1) is 5.39 Å². The number of benzene rings is 4. The summed E-state index contributed by atoms with van der Waals surface area (Å²) in [5.74, 6) is 0. The van der Waals surface area contributed by atoms with E-state index in [0.717, 1.165) is 0 Å². The normalized spacial score (nSPS) is 12.1. The second kappa shape index (κ2) is 6.17. The zero-order valence-corrected chi connectivity index (χ0v) is 16.6. The molecule has 1 aromatic heterocycles. The summed E-state index contributed by atoms with van der Waals surface area (Å²) in [4.78, 5) is 3.49. The first kappa shape index (κ1) is 16.9. The second-order valence-electron chi connectivity index (χ2n) is 8.63. The quantitative estimate of drug-likeness (QED) is 0.287. The van der Waals surface area contributed by atoms with E-state index < -0.39 is 0 Å². The van der Waals surface area contributed by atoms with Crippen molar-refractivity contribution in [2.24, 2.45) is 0 Å². The molecule has 0 aliphatic carbocycles. The summed E-state index contributed by atoms with van der Waals surface area (Å²) >= 11 is 0. The predicted molar refractivity (Wildman–Crippen MR) is 120 cm³/mol. The molecule has 0 saturated heterocycles. The summed E-state index contributed by atoms with van der Waals surface area (Å²) in [7, 11) is 0. The van der Waals surface area contributed by atoms with Gasteiger partial charge in [0.25, 0.3) is 0 Å². The first-order chi connectivity index (χ1) is 13.5. The van der Waals surface area contributed by atoms with Gasteiger partial charge in [0.1, 0.15) is 0 Å². The molecular formula is C27H24N+. The molecule has 1 heteroatoms. The number of fused-ring (bicyclic) bond motifs is 4. The van der Waals surface area contributed by atoms with Crippen molar-refractivity contribution in [2.45, 2.75) is 26.2 Å². The Morgan fingerprint density at radius 2 is 1.36 bits per heavy atom. The number of rotatable bonds is 1. The molecule has 28 heavy (non-hydrogen) atoms. The molecule has 136 valence electrons. The maximum Gasteiger partial charge on any atom is 0.218 e. The van der Waals surface area contributed by atoms with Crippen molar-refractivity contribution >= 4 is 32.3 Å². The lowest BCUT2D eigenvalue weighted by atomic mass is 9.85. The van der Waals surface area contributed by atoms with Gasteiger partial charge in [-0.05, 0) is 50.7 Å². The third-order valence-corrected chi connectivity index (χ3v) is 5.71. The van der Waals surface area contributed by atoms with Gasteiger partial charge in [-0.25, -0.2) is 4.98 Å². The lowest BCUT2D eigenvalue weighted by Gasteiger charge is -2.19. The molecule has 0 atom stereocenters. The molecule has 0 spiro atoms. The Morgan fingerprint density at radius 1 is 0.607 bits per heavy atom. The minimum absolute atomic E-state index is 0.157. The van der Waals surface area contributed by atoms with Crippen molar-refractivity contribution in [2.75, 3.05) is 0 Å². The molecule has 1 N–H and O–H groups in total. The van der Waals surface area contributed by atoms with Gasteiger partial charge in [0.2, 0.25) is 5.69 Å². The van der Waals surface area contributed by atoms with Crippen LogP contribution in [0.1, 0.15) is 26.3 Å². The van der Waals surface area contributed by atoms with Crippen molar-refractivity contribution in [3.05, 3.63) is 90.6 Å². The minimum Gasteiger partial charge on any atom is -0.211 e. The van der Waals surface area contributed by atoms with Crippen LogP contribution in [-0.4, -0.2) is 0 Å². The van der Waals surface area contributed by atoms with Crippen molar-refractivity contribution < 1.29 is 4.98 Å². The number of pyridine rings is 1. The van der Waals surface area contributed by atoms with Gasteiger partial charge in [0.15, 0.2) is 6.20 Å². The van der Waals surface area contributed by atoms with Crippen LogP contribution in [0.4, 0.5) is 0 Å². The molecule has 0 aliphatic rings. The molecule has 4 aromatic carbocycles. The molecule has 5 aromatic rings. The fourth-order valence-corrected chi connectivity index (χ4v) is 4.09. The van der Waals surface area contributed by atoms with Crippen molar-refractivity contribution in [3.8, 4) is 11.3 Å². The van der Waals surface area contributed by atoms with Crippen LogP contribution in [0.25, 0.3) is 43.6 Å². The van der Waals surface area contributed by atoms with Crippen LogP contribution in [0.3, 0.4) is 0 Å². The molecule has 5 rings (SSSR count). The van der Waals surface area contributed by atoms with Crippen LogP contribution in [0, 0.1) is 0 Å². The smallest absolute Gasteiger partial charge is 0.211 e. The molecule has 0 radical (unpaired) electrons. The molecule has 0 aliphatic heterocycles. The molecule has 0 saturated carbocycles. The lowest BCUT2D eigenvalue weighted by Crippen LogP contribution is -2.10. The van der Waals surface area contributed by atoms with Gasteiger partial charge in [-0.15, -0.1) is 0 Å². The number of hydrogen-bond donors (Lipinski definition) is 0. The van der Waals surface area contributed by atoms with Crippen LogP contribution < -0.4 is 4.98 Å². The van der Waals surface area contributed by atoms with E-state index in [0.29, 0.717) is 0 Å². The highest BCUT2D eigenvalue weighted by atomic mass is 14.7. The Hall–Kier alpha value is -3.19. The van der Waals surface area contributed by atoms with E-state index in [1.807, 2.05) is 0 Å². The van der Waals surface area contributed by atoms with E-state index in [4.69, 9.17) is 0 Å². The minimum atomic E-state index is 0.157. The zero-order valence-electron chi connectivity index (χ0n) is 16.6. The van der Waals surface area contributed by atoms with Gasteiger partial charge < -0.3 is 0 Å². The summed E-state index contributed by atoms with van der Waals surface area (Å²) < 4.78 is 0. The topological polar surface area (TPSA) is 14.1 Å². The van der Waals surface area contributed by atoms with Crippen molar-refractivity contribution in [1.29, 1.82) is 0 Å². The summed E-state index contributed by atoms with van der Waals surface area (Å²) in [6.07, 6.45) is 2.06. The predicted octanol–water partition coefficient (Wildman–Crippen LogP) is 6.92. The molecular weight excluding hydrogens is 338 g/mol. The highest BCUT2D eigenvalue weighted by molar-refractivity contribution is 6.11. The van der Waals surface area contributed by atoms with Crippen molar-refractivity contribution in [3.63, 3.8) is 0 Å². The van der Waals surface area contributed by atoms with E-state index in [2.05, 4.69) is 111 Å². The molecule has 1 heterocycles. The third kappa shape index (κ3) is 2.75. The Bertz CT molecular complexity index is 1340. The Balaban J connectivity index is 1.75. The number of hydrogen-bond acceptors (Lipinski definition) is 0. The fourth-order valence-electron chi connectivity index (χ4n) is 4.09. The van der Waals surface area contributed by atoms with Crippen LogP contribution in [-0.2, 0) is 5.41 Å². The number of aromatic amines is 1. The molecule has 0 unspecified atom stereocenters. The number of H-pyrrole nitrogens is 1. The molecule has 0 amide bonds. The van der Waals surface area contributed by atoms with Gasteiger partial charge >= 0.3 is 0 Å². The lowest BCUT2D eigenvalue weighted by molar-refractivity contribution is -0.362. The largest absolute Gasteiger partial charge is 0.218 e. The highest BCUT2D eigenvalue weighted by Crippen LogP contribution is 2.33. The van der Waals surface area contributed by atoms with E-state index in [-0.39, 0.29) is 5.41 Å². The third-order valence-electron chi connectivity index (χ3n) is 5.71. The van der Waals surface area contributed by atoms with Crippen molar-refractivity contribution in [1.82, 2.24) is 0 Å². The van der Waals surface area contributed by atoms with Crippen LogP contribution in [0.2, 0.25) is 0 Å². The van der Waals surface area contributed by atoms with Gasteiger partial charge in [-0.1, -0.05) is 75.4 Å². The highest BCUT2D eigenvalue weighted by Gasteiger charge is 2.16. The summed E-state index contributed by atoms with van der Waals surface area (Å²) in [6.45, 7) is 6.80. The maximum absolute atomic E-state index is 3.49. The molecule has 0 fully saturated rings. The maximum atomic E-state index is 3.49. The van der Waals surface area contributed by atoms with E-state index in [9.17, 15) is 0 Å². The average molecular weight is 362 g/mol. The standard InChI is InChI=1S/C27H23N/c1-27(2,3)22-11-13-23-20(17-22)10-12-25-24(23)14-15-28-26(25)21-9-8-18-6-4-5-7-19(18)16-21/h4-17H,1-3H3/p+1. The van der Waals surface area contributed by atoms with Crippen LogP contribution in [0.15, 0.2) is 85.1 Å². The molecule has 1 nitrogen and oxygen atoms in total. The zero-order chi connectivity index (χ0) is 19.3. The Labute approximate surface area is 165 Å². The van der Waals surface area contributed by atoms with Gasteiger partial charge in [-0.2, -0.15) is 0 Å². The monoisotopic (exact) mass is 362 g/mol. The number of aromatic nitrogens is 1. The summed E-state index contributed by atoms with van der Waals surface area (Å²) in [6, 6.07) is 28.8. The van der Waals surface area contributed by atoms with Gasteiger partial charge in [0, 0.05) is 17.0 Å². The van der Waals surface area contributed by atoms with Crippen LogP contribution >= 0.6 is 0 Å². The summed E-state index contributed by atoms with van der Waals surface area (Å²) in [5.41, 5.74) is 3.92. The second-order valence-corrected chi connectivity index (χ2v) is 8.63. The van der Waals surface area contributed by atoms with E-state index >= 15 is 0 Å². The average Bonchev–Trinajstić information content (AvgIpc) is 2.71. The first-order valence-electron chi connectivity index (χ1n) is 9.87. The Kier molecular flexibility index (Phi) is 3.73. The molecule has 0 bridgehead atoms. The Morgan fingerprint density at radius 3 is 2.18 bits per heavy atom. The SMILES string of the molecule is CC(C)(C)c1ccc2c(ccc3c(-c4ccc5ccccc5c4)[nH+]ccc32)c1. The van der Waals surface area contributed by atoms with E-state index in [1.165, 1.54) is 49.1 Å². The van der Waals surface area contributed by atoms with E-state index in [1.54, 1.807) is 0 Å². The van der Waals surface area contributed by atoms with Gasteiger partial charge in [-0.3, -0.25) is 0 Å². The summed E-state index contributed by atoms with van der Waals surface area (Å²) in [5, 5.41) is 7.69.